The molecule has 3 rings (SSSR count). The van der Waals surface area contributed by atoms with Crippen molar-refractivity contribution in [3.63, 3.8) is 0 Å². The minimum absolute atomic E-state index is 0.290. The zero-order valence-electron chi connectivity index (χ0n) is 9.15. The molecular weight excluding hydrogens is 210 g/mol. The van der Waals surface area contributed by atoms with Crippen molar-refractivity contribution in [3.05, 3.63) is 0 Å². The Bertz CT molecular complexity index is 349. The molecule has 86 valence electrons. The molecule has 3 saturated carbocycles. The van der Waals surface area contributed by atoms with Crippen LogP contribution in [0.3, 0.4) is 0 Å². The standard InChI is InChI=1S/C11H19NO2S/c1-2-5-15(13,14)12-11-9-7-3-4-8(6-7)10(9)11/h7-12H,2-6H2,1H3. The Kier molecular flexibility index (Phi) is 2.15. The Morgan fingerprint density at radius 3 is 2.33 bits per heavy atom. The molecule has 4 unspecified atom stereocenters. The molecule has 0 heterocycles. The quantitative estimate of drug-likeness (QED) is 0.791. The SMILES string of the molecule is CCCS(=O)(=O)NC1C2C3CCC(C3)C12. The highest BCUT2D eigenvalue weighted by Crippen LogP contribution is 2.65. The Labute approximate surface area is 91.7 Å². The van der Waals surface area contributed by atoms with Crippen molar-refractivity contribution in [1.82, 2.24) is 4.72 Å². The van der Waals surface area contributed by atoms with E-state index in [1.165, 1.54) is 19.3 Å². The second kappa shape index (κ2) is 3.20. The number of hydrogen-bond donors (Lipinski definition) is 1. The predicted molar refractivity (Wildman–Crippen MR) is 58.8 cm³/mol. The summed E-state index contributed by atoms with van der Waals surface area (Å²) >= 11 is 0. The number of hydrogen-bond acceptors (Lipinski definition) is 2. The van der Waals surface area contributed by atoms with Crippen LogP contribution in [0.2, 0.25) is 0 Å². The number of rotatable bonds is 4. The highest BCUT2D eigenvalue weighted by atomic mass is 32.2. The highest BCUT2D eigenvalue weighted by molar-refractivity contribution is 7.89. The molecule has 15 heavy (non-hydrogen) atoms. The van der Waals surface area contributed by atoms with Crippen LogP contribution >= 0.6 is 0 Å². The second-order valence-corrected chi connectivity index (χ2v) is 7.32. The van der Waals surface area contributed by atoms with Gasteiger partial charge in [0.1, 0.15) is 0 Å². The van der Waals surface area contributed by atoms with Crippen molar-refractivity contribution in [1.29, 1.82) is 0 Å². The first-order chi connectivity index (χ1) is 7.12. The average molecular weight is 229 g/mol. The van der Waals surface area contributed by atoms with Crippen LogP contribution in [0.15, 0.2) is 0 Å². The maximum absolute atomic E-state index is 11.6. The molecule has 0 amide bonds. The van der Waals surface area contributed by atoms with Gasteiger partial charge in [0.2, 0.25) is 10.0 Å². The summed E-state index contributed by atoms with van der Waals surface area (Å²) in [5, 5.41) is 0. The van der Waals surface area contributed by atoms with Crippen LogP contribution in [-0.4, -0.2) is 20.2 Å². The molecule has 0 aliphatic heterocycles. The van der Waals surface area contributed by atoms with Gasteiger partial charge in [-0.25, -0.2) is 13.1 Å². The molecule has 3 nitrogen and oxygen atoms in total. The second-order valence-electron chi connectivity index (χ2n) is 5.45. The molecule has 0 aromatic rings. The number of sulfonamides is 1. The van der Waals surface area contributed by atoms with Crippen LogP contribution < -0.4 is 4.72 Å². The van der Waals surface area contributed by atoms with E-state index in [9.17, 15) is 8.42 Å². The summed E-state index contributed by atoms with van der Waals surface area (Å²) < 4.78 is 26.2. The normalized spacial score (nSPS) is 46.9. The zero-order valence-corrected chi connectivity index (χ0v) is 9.96. The van der Waals surface area contributed by atoms with Gasteiger partial charge in [-0.1, -0.05) is 6.92 Å². The first kappa shape index (κ1) is 10.1. The molecule has 2 bridgehead atoms. The zero-order chi connectivity index (χ0) is 10.6. The minimum atomic E-state index is -2.98. The Morgan fingerprint density at radius 1 is 1.20 bits per heavy atom. The summed E-state index contributed by atoms with van der Waals surface area (Å²) in [4.78, 5) is 0. The lowest BCUT2D eigenvalue weighted by Gasteiger charge is -2.10. The summed E-state index contributed by atoms with van der Waals surface area (Å²) in [7, 11) is -2.98. The minimum Gasteiger partial charge on any atom is -0.212 e. The van der Waals surface area contributed by atoms with E-state index in [1.54, 1.807) is 0 Å². The fourth-order valence-electron chi connectivity index (χ4n) is 4.02. The fourth-order valence-corrected chi connectivity index (χ4v) is 5.40. The molecule has 3 fully saturated rings. The van der Waals surface area contributed by atoms with E-state index in [2.05, 4.69) is 4.72 Å². The van der Waals surface area contributed by atoms with Gasteiger partial charge >= 0.3 is 0 Å². The predicted octanol–water partition coefficient (Wildman–Crippen LogP) is 1.36. The first-order valence-electron chi connectivity index (χ1n) is 6.12. The van der Waals surface area contributed by atoms with Crippen molar-refractivity contribution < 1.29 is 8.42 Å². The van der Waals surface area contributed by atoms with Gasteiger partial charge in [0, 0.05) is 6.04 Å². The molecule has 0 aromatic carbocycles. The molecule has 0 radical (unpaired) electrons. The van der Waals surface area contributed by atoms with Crippen molar-refractivity contribution in [2.45, 2.75) is 38.6 Å². The highest BCUT2D eigenvalue weighted by Gasteiger charge is 2.65. The van der Waals surface area contributed by atoms with Crippen LogP contribution in [0.5, 0.6) is 0 Å². The van der Waals surface area contributed by atoms with E-state index in [0.29, 0.717) is 24.3 Å². The summed E-state index contributed by atoms with van der Waals surface area (Å²) in [5.41, 5.74) is 0. The number of nitrogens with one attached hydrogen (secondary N) is 1. The lowest BCUT2D eigenvalue weighted by atomic mass is 10.0. The van der Waals surface area contributed by atoms with E-state index in [-0.39, 0.29) is 5.75 Å². The third-order valence-electron chi connectivity index (χ3n) is 4.52. The van der Waals surface area contributed by atoms with Crippen molar-refractivity contribution >= 4 is 10.0 Å². The number of fused-ring (bicyclic) bond motifs is 5. The van der Waals surface area contributed by atoms with E-state index in [1.807, 2.05) is 6.92 Å². The Morgan fingerprint density at radius 2 is 1.80 bits per heavy atom. The molecule has 0 aromatic heterocycles. The van der Waals surface area contributed by atoms with Gasteiger partial charge in [-0.15, -0.1) is 0 Å². The van der Waals surface area contributed by atoms with Crippen LogP contribution in [-0.2, 0) is 10.0 Å². The van der Waals surface area contributed by atoms with E-state index < -0.39 is 10.0 Å². The topological polar surface area (TPSA) is 46.2 Å². The van der Waals surface area contributed by atoms with Crippen LogP contribution in [0.25, 0.3) is 0 Å². The third-order valence-corrected chi connectivity index (χ3v) is 6.10. The van der Waals surface area contributed by atoms with E-state index in [0.717, 1.165) is 11.8 Å². The van der Waals surface area contributed by atoms with Gasteiger partial charge in [-0.2, -0.15) is 0 Å². The summed E-state index contributed by atoms with van der Waals surface area (Å²) in [6.45, 7) is 1.91. The maximum atomic E-state index is 11.6. The lowest BCUT2D eigenvalue weighted by molar-refractivity contribution is 0.456. The Hall–Kier alpha value is -0.0900. The first-order valence-corrected chi connectivity index (χ1v) is 7.77. The summed E-state index contributed by atoms with van der Waals surface area (Å²) in [6, 6.07) is 0.313. The van der Waals surface area contributed by atoms with Crippen LogP contribution in [0, 0.1) is 23.7 Å². The molecule has 3 aliphatic carbocycles. The van der Waals surface area contributed by atoms with E-state index in [4.69, 9.17) is 0 Å². The maximum Gasteiger partial charge on any atom is 0.211 e. The van der Waals surface area contributed by atoms with Gasteiger partial charge < -0.3 is 0 Å². The monoisotopic (exact) mass is 229 g/mol. The molecule has 4 heteroatoms. The molecule has 4 atom stereocenters. The van der Waals surface area contributed by atoms with Crippen molar-refractivity contribution in [2.75, 3.05) is 5.75 Å². The van der Waals surface area contributed by atoms with Crippen LogP contribution in [0.1, 0.15) is 32.6 Å². The smallest absolute Gasteiger partial charge is 0.211 e. The van der Waals surface area contributed by atoms with E-state index >= 15 is 0 Å². The lowest BCUT2D eigenvalue weighted by Crippen LogP contribution is -2.31. The van der Waals surface area contributed by atoms with Gasteiger partial charge in [0.05, 0.1) is 5.75 Å². The molecule has 0 saturated heterocycles. The van der Waals surface area contributed by atoms with Gasteiger partial charge in [-0.3, -0.25) is 0 Å². The van der Waals surface area contributed by atoms with Gasteiger partial charge in [0.15, 0.2) is 0 Å². The van der Waals surface area contributed by atoms with Gasteiger partial charge in [0.25, 0.3) is 0 Å². The van der Waals surface area contributed by atoms with Crippen molar-refractivity contribution in [3.8, 4) is 0 Å². The summed E-state index contributed by atoms with van der Waals surface area (Å²) in [5.74, 6) is 3.38. The molecule has 3 aliphatic rings. The Balaban J connectivity index is 1.64. The van der Waals surface area contributed by atoms with Gasteiger partial charge in [-0.05, 0) is 49.4 Å². The average Bonchev–Trinajstić information content (AvgIpc) is 2.60. The third kappa shape index (κ3) is 1.53. The summed E-state index contributed by atoms with van der Waals surface area (Å²) in [6.07, 6.45) is 4.78. The largest absolute Gasteiger partial charge is 0.212 e. The van der Waals surface area contributed by atoms with Crippen LogP contribution in [0.4, 0.5) is 0 Å². The molecule has 0 spiro atoms. The fraction of sp³-hybridized carbons (Fsp3) is 1.00. The molecule has 1 N–H and O–H groups in total. The molecular formula is C11H19NO2S. The van der Waals surface area contributed by atoms with Crippen molar-refractivity contribution in [2.24, 2.45) is 23.7 Å².